The van der Waals surface area contributed by atoms with E-state index in [0.29, 0.717) is 16.6 Å². The second-order valence-electron chi connectivity index (χ2n) is 7.00. The van der Waals surface area contributed by atoms with Crippen molar-refractivity contribution in [3.8, 4) is 5.69 Å². The Morgan fingerprint density at radius 3 is 2.39 bits per heavy atom. The van der Waals surface area contributed by atoms with Gasteiger partial charge >= 0.3 is 0 Å². The third-order valence-electron chi connectivity index (χ3n) is 4.82. The van der Waals surface area contributed by atoms with Gasteiger partial charge in [0.05, 0.1) is 17.9 Å². The lowest BCUT2D eigenvalue weighted by molar-refractivity contribution is 0.0932. The molecule has 0 aliphatic rings. The van der Waals surface area contributed by atoms with Gasteiger partial charge in [0.2, 0.25) is 0 Å². The highest BCUT2D eigenvalue weighted by molar-refractivity contribution is 5.98. The SMILES string of the molecule is Cc1cc(C)cc(-n2ncc3c(=O)n([C@H](C)C(=O)c4ccccc4)cnc32)c1. The van der Waals surface area contributed by atoms with E-state index in [9.17, 15) is 9.59 Å². The minimum absolute atomic E-state index is 0.134. The van der Waals surface area contributed by atoms with E-state index in [2.05, 4.69) is 16.1 Å². The van der Waals surface area contributed by atoms with Crippen LogP contribution < -0.4 is 5.56 Å². The number of nitrogens with zero attached hydrogens (tertiary/aromatic N) is 4. The lowest BCUT2D eigenvalue weighted by Crippen LogP contribution is -2.28. The first-order valence-electron chi connectivity index (χ1n) is 9.08. The first-order valence-corrected chi connectivity index (χ1v) is 9.08. The summed E-state index contributed by atoms with van der Waals surface area (Å²) in [7, 11) is 0. The van der Waals surface area contributed by atoms with Gasteiger partial charge in [-0.3, -0.25) is 14.2 Å². The number of carbonyl (C=O) groups is 1. The van der Waals surface area contributed by atoms with E-state index >= 15 is 0 Å². The first-order chi connectivity index (χ1) is 13.5. The highest BCUT2D eigenvalue weighted by atomic mass is 16.1. The van der Waals surface area contributed by atoms with Crippen LogP contribution in [0.3, 0.4) is 0 Å². The Morgan fingerprint density at radius 1 is 1.04 bits per heavy atom. The Kier molecular flexibility index (Phi) is 4.39. The van der Waals surface area contributed by atoms with Crippen molar-refractivity contribution >= 4 is 16.8 Å². The monoisotopic (exact) mass is 372 g/mol. The molecule has 6 heteroatoms. The quantitative estimate of drug-likeness (QED) is 0.513. The highest BCUT2D eigenvalue weighted by Gasteiger charge is 2.20. The van der Waals surface area contributed by atoms with Crippen LogP contribution in [0.15, 0.2) is 65.8 Å². The maximum absolute atomic E-state index is 13.0. The van der Waals surface area contributed by atoms with Gasteiger partial charge in [-0.1, -0.05) is 36.4 Å². The molecular weight excluding hydrogens is 352 g/mol. The smallest absolute Gasteiger partial charge is 0.265 e. The molecule has 0 amide bonds. The van der Waals surface area contributed by atoms with Gasteiger partial charge in [0.25, 0.3) is 5.56 Å². The molecule has 0 radical (unpaired) electrons. The molecule has 0 unspecified atom stereocenters. The summed E-state index contributed by atoms with van der Waals surface area (Å²) in [6.07, 6.45) is 2.94. The summed E-state index contributed by atoms with van der Waals surface area (Å²) in [5.74, 6) is -0.134. The number of hydrogen-bond acceptors (Lipinski definition) is 4. The summed E-state index contributed by atoms with van der Waals surface area (Å²) in [5, 5.41) is 4.75. The van der Waals surface area contributed by atoms with E-state index in [1.54, 1.807) is 35.9 Å². The van der Waals surface area contributed by atoms with Crippen molar-refractivity contribution in [2.45, 2.75) is 26.8 Å². The number of Topliss-reactive ketones (excluding diaryl/α,β-unsaturated/α-hetero) is 1. The largest absolute Gasteiger partial charge is 0.292 e. The fourth-order valence-electron chi connectivity index (χ4n) is 3.43. The van der Waals surface area contributed by atoms with Crippen LogP contribution in [0.2, 0.25) is 0 Å². The van der Waals surface area contributed by atoms with Gasteiger partial charge in [-0.15, -0.1) is 0 Å². The minimum atomic E-state index is -0.656. The molecule has 28 heavy (non-hydrogen) atoms. The van der Waals surface area contributed by atoms with Gasteiger partial charge in [0, 0.05) is 5.56 Å². The number of carbonyl (C=O) groups excluding carboxylic acids is 1. The molecule has 0 fully saturated rings. The molecule has 1 atom stereocenters. The number of hydrogen-bond donors (Lipinski definition) is 0. The predicted octanol–water partition coefficient (Wildman–Crippen LogP) is 3.64. The summed E-state index contributed by atoms with van der Waals surface area (Å²) in [6.45, 7) is 5.73. The van der Waals surface area contributed by atoms with Gasteiger partial charge in [0.1, 0.15) is 11.7 Å². The number of ketones is 1. The second-order valence-corrected chi connectivity index (χ2v) is 7.00. The fourth-order valence-corrected chi connectivity index (χ4v) is 3.43. The van der Waals surface area contributed by atoms with Crippen LogP contribution in [-0.4, -0.2) is 25.1 Å². The molecule has 0 saturated carbocycles. The molecule has 0 N–H and O–H groups in total. The molecule has 0 spiro atoms. The van der Waals surface area contributed by atoms with Crippen LogP contribution in [0.5, 0.6) is 0 Å². The number of benzene rings is 2. The average Bonchev–Trinajstić information content (AvgIpc) is 3.12. The Morgan fingerprint density at radius 2 is 1.71 bits per heavy atom. The van der Waals surface area contributed by atoms with Crippen molar-refractivity contribution in [3.63, 3.8) is 0 Å². The van der Waals surface area contributed by atoms with E-state index in [1.807, 2.05) is 32.0 Å². The second kappa shape index (κ2) is 6.88. The fraction of sp³-hybridized carbons (Fsp3) is 0.182. The topological polar surface area (TPSA) is 69.8 Å². The maximum Gasteiger partial charge on any atom is 0.265 e. The zero-order valence-electron chi connectivity index (χ0n) is 16.0. The van der Waals surface area contributed by atoms with E-state index in [0.717, 1.165) is 16.8 Å². The molecule has 140 valence electrons. The van der Waals surface area contributed by atoms with Crippen molar-refractivity contribution in [2.24, 2.45) is 0 Å². The van der Waals surface area contributed by atoms with E-state index in [1.165, 1.54) is 17.1 Å². The molecule has 2 aromatic heterocycles. The lowest BCUT2D eigenvalue weighted by Gasteiger charge is -2.14. The van der Waals surface area contributed by atoms with Gasteiger partial charge in [-0.25, -0.2) is 9.67 Å². The number of aromatic nitrogens is 4. The van der Waals surface area contributed by atoms with Gasteiger partial charge in [-0.05, 0) is 44.0 Å². The summed E-state index contributed by atoms with van der Waals surface area (Å²) in [4.78, 5) is 30.2. The van der Waals surface area contributed by atoms with Gasteiger partial charge < -0.3 is 0 Å². The van der Waals surface area contributed by atoms with Crippen molar-refractivity contribution in [3.05, 3.63) is 88.1 Å². The number of rotatable bonds is 4. The maximum atomic E-state index is 13.0. The molecule has 0 saturated heterocycles. The van der Waals surface area contributed by atoms with E-state index in [-0.39, 0.29) is 11.3 Å². The van der Waals surface area contributed by atoms with Crippen molar-refractivity contribution in [1.29, 1.82) is 0 Å². The van der Waals surface area contributed by atoms with Crippen LogP contribution in [0.1, 0.15) is 34.5 Å². The lowest BCUT2D eigenvalue weighted by atomic mass is 10.1. The zero-order valence-corrected chi connectivity index (χ0v) is 16.0. The van der Waals surface area contributed by atoms with Crippen molar-refractivity contribution < 1.29 is 4.79 Å². The molecule has 2 heterocycles. The van der Waals surface area contributed by atoms with Gasteiger partial charge in [-0.2, -0.15) is 5.10 Å². The number of aryl methyl sites for hydroxylation is 2. The summed E-state index contributed by atoms with van der Waals surface area (Å²) >= 11 is 0. The average molecular weight is 372 g/mol. The molecule has 0 aliphatic heterocycles. The molecule has 2 aromatic carbocycles. The van der Waals surface area contributed by atoms with Crippen LogP contribution >= 0.6 is 0 Å². The third kappa shape index (κ3) is 3.03. The van der Waals surface area contributed by atoms with Crippen molar-refractivity contribution in [1.82, 2.24) is 19.3 Å². The first kappa shape index (κ1) is 17.9. The minimum Gasteiger partial charge on any atom is -0.292 e. The Bertz CT molecular complexity index is 1220. The summed E-state index contributed by atoms with van der Waals surface area (Å²) in [5.41, 5.74) is 3.82. The van der Waals surface area contributed by atoms with Crippen LogP contribution in [0, 0.1) is 13.8 Å². The molecule has 4 rings (SSSR count). The highest BCUT2D eigenvalue weighted by Crippen LogP contribution is 2.18. The van der Waals surface area contributed by atoms with Crippen LogP contribution in [-0.2, 0) is 0 Å². The summed E-state index contributed by atoms with van der Waals surface area (Å²) < 4.78 is 3.02. The molecular formula is C22H20N4O2. The standard InChI is InChI=1S/C22H20N4O2/c1-14-9-15(2)11-18(10-14)26-21-19(12-24-26)22(28)25(13-23-21)16(3)20(27)17-7-5-4-6-8-17/h4-13,16H,1-3H3/t16-/m1/s1. The Hall–Kier alpha value is -3.54. The normalized spacial score (nSPS) is 12.2. The molecule has 4 aromatic rings. The summed E-state index contributed by atoms with van der Waals surface area (Å²) in [6, 6.07) is 14.4. The van der Waals surface area contributed by atoms with E-state index in [4.69, 9.17) is 0 Å². The molecule has 0 bridgehead atoms. The number of fused-ring (bicyclic) bond motifs is 1. The molecule has 6 nitrogen and oxygen atoms in total. The van der Waals surface area contributed by atoms with Crippen molar-refractivity contribution in [2.75, 3.05) is 0 Å². The molecule has 0 aliphatic carbocycles. The zero-order chi connectivity index (χ0) is 19.8. The van der Waals surface area contributed by atoms with E-state index < -0.39 is 6.04 Å². The van der Waals surface area contributed by atoms with Gasteiger partial charge in [0.15, 0.2) is 11.4 Å². The Labute approximate surface area is 162 Å². The van der Waals surface area contributed by atoms with Crippen LogP contribution in [0.25, 0.3) is 16.7 Å². The van der Waals surface area contributed by atoms with Crippen LogP contribution in [0.4, 0.5) is 0 Å². The Balaban J connectivity index is 1.79. The predicted molar refractivity (Wildman–Crippen MR) is 108 cm³/mol. The third-order valence-corrected chi connectivity index (χ3v) is 4.82.